The van der Waals surface area contributed by atoms with Gasteiger partial charge in [-0.25, -0.2) is 14.6 Å². The average molecular weight is 598 g/mol. The van der Waals surface area contributed by atoms with E-state index in [2.05, 4.69) is 31.5 Å². The van der Waals surface area contributed by atoms with E-state index in [0.29, 0.717) is 24.5 Å². The number of benzene rings is 2. The van der Waals surface area contributed by atoms with E-state index in [1.165, 1.54) is 0 Å². The molecule has 0 bridgehead atoms. The minimum Gasteiger partial charge on any atom is -0.457 e. The lowest BCUT2D eigenvalue weighted by Gasteiger charge is -2.28. The van der Waals surface area contributed by atoms with E-state index in [0.717, 1.165) is 25.3 Å². The number of carbonyl (C=O) groups is 2. The van der Waals surface area contributed by atoms with Crippen LogP contribution < -0.4 is 10.6 Å². The number of halogens is 1. The van der Waals surface area contributed by atoms with Gasteiger partial charge in [0.25, 0.3) is 0 Å². The first-order valence-electron chi connectivity index (χ1n) is 12.4. The molecular formula is C28H29BrN4O4S. The first-order chi connectivity index (χ1) is 18.1. The predicted molar refractivity (Wildman–Crippen MR) is 151 cm³/mol. The molecule has 0 spiro atoms. The number of fused-ring (bicyclic) bond motifs is 1. The molecule has 2 N–H and O–H groups in total. The number of nitrogens with one attached hydrogen (secondary N) is 2. The van der Waals surface area contributed by atoms with Gasteiger partial charge in [-0.3, -0.25) is 4.90 Å². The number of urea groups is 1. The number of hydrogen-bond donors (Lipinski definition) is 2. The van der Waals surface area contributed by atoms with Crippen LogP contribution in [0, 0.1) is 0 Å². The fourth-order valence-electron chi connectivity index (χ4n) is 4.43. The highest BCUT2D eigenvalue weighted by Gasteiger charge is 2.39. The maximum atomic E-state index is 13.0. The van der Waals surface area contributed by atoms with Gasteiger partial charge in [0.2, 0.25) is 0 Å². The zero-order valence-corrected chi connectivity index (χ0v) is 23.8. The third-order valence-electron chi connectivity index (χ3n) is 6.11. The first-order valence-corrected chi connectivity index (χ1v) is 14.0. The molecule has 1 aliphatic heterocycles. The average Bonchev–Trinajstić information content (AvgIpc) is 3.60. The van der Waals surface area contributed by atoms with Gasteiger partial charge < -0.3 is 19.8 Å². The molecule has 2 aromatic carbocycles. The van der Waals surface area contributed by atoms with Crippen LogP contribution in [0.5, 0.6) is 0 Å². The number of carbonyl (C=O) groups excluding carboxylic acids is 2. The number of thiazole rings is 1. The van der Waals surface area contributed by atoms with Crippen LogP contribution in [0.1, 0.15) is 44.6 Å². The fourth-order valence-corrected chi connectivity index (χ4v) is 5.62. The topological polar surface area (TPSA) is 96.7 Å². The summed E-state index contributed by atoms with van der Waals surface area (Å²) in [5, 5.41) is 6.66. The first kappa shape index (κ1) is 26.2. The Morgan fingerprint density at radius 3 is 2.63 bits per heavy atom. The number of rotatable bonds is 5. The largest absolute Gasteiger partial charge is 0.457 e. The van der Waals surface area contributed by atoms with Crippen molar-refractivity contribution >= 4 is 49.6 Å². The normalized spacial score (nSPS) is 17.5. The Kier molecular flexibility index (Phi) is 7.45. The smallest absolute Gasteiger partial charge is 0.410 e. The second-order valence-corrected chi connectivity index (χ2v) is 12.2. The fraction of sp³-hybridized carbons (Fsp3) is 0.321. The lowest BCUT2D eigenvalue weighted by Crippen LogP contribution is -2.44. The van der Waals surface area contributed by atoms with Crippen LogP contribution in [0.25, 0.3) is 21.0 Å². The zero-order valence-electron chi connectivity index (χ0n) is 21.4. The number of nitrogens with zero attached hydrogens (tertiary/aromatic N) is 2. The van der Waals surface area contributed by atoms with Crippen molar-refractivity contribution in [1.82, 2.24) is 20.5 Å². The van der Waals surface area contributed by atoms with E-state index < -0.39 is 11.7 Å². The third kappa shape index (κ3) is 6.19. The summed E-state index contributed by atoms with van der Waals surface area (Å²) in [6, 6.07) is 18.7. The van der Waals surface area contributed by atoms with Crippen LogP contribution in [-0.4, -0.2) is 40.2 Å². The molecule has 5 rings (SSSR count). The number of aromatic nitrogens is 1. The minimum absolute atomic E-state index is 0.204. The predicted octanol–water partition coefficient (Wildman–Crippen LogP) is 6.87. The van der Waals surface area contributed by atoms with E-state index in [1.807, 2.05) is 81.4 Å². The molecule has 2 atom stereocenters. The molecule has 0 aliphatic carbocycles. The minimum atomic E-state index is -0.614. The van der Waals surface area contributed by atoms with Gasteiger partial charge in [0.15, 0.2) is 10.8 Å². The van der Waals surface area contributed by atoms with Crippen molar-refractivity contribution in [2.24, 2.45) is 0 Å². The van der Waals surface area contributed by atoms with E-state index >= 15 is 0 Å². The van der Waals surface area contributed by atoms with Crippen LogP contribution >= 0.6 is 27.3 Å². The summed E-state index contributed by atoms with van der Waals surface area (Å²) in [4.78, 5) is 32.0. The molecule has 10 heteroatoms. The van der Waals surface area contributed by atoms with Crippen molar-refractivity contribution in [2.45, 2.75) is 51.4 Å². The van der Waals surface area contributed by atoms with Gasteiger partial charge in [0.1, 0.15) is 11.4 Å². The van der Waals surface area contributed by atoms with Crippen molar-refractivity contribution in [3.8, 4) is 10.8 Å². The summed E-state index contributed by atoms with van der Waals surface area (Å²) in [6.07, 6.45) is 0.185. The Morgan fingerprint density at radius 2 is 1.89 bits per heavy atom. The summed E-state index contributed by atoms with van der Waals surface area (Å²) in [5.41, 5.74) is 1.31. The zero-order chi connectivity index (χ0) is 26.9. The van der Waals surface area contributed by atoms with Crippen LogP contribution in [0.4, 0.5) is 9.59 Å². The molecule has 38 heavy (non-hydrogen) atoms. The quantitative estimate of drug-likeness (QED) is 0.262. The second-order valence-electron chi connectivity index (χ2n) is 10.2. The Labute approximate surface area is 233 Å². The summed E-state index contributed by atoms with van der Waals surface area (Å²) in [5.74, 6) is 1.30. The maximum absolute atomic E-state index is 13.0. The summed E-state index contributed by atoms with van der Waals surface area (Å²) in [6.45, 7) is 6.11. The Hall–Kier alpha value is -3.37. The molecule has 4 aromatic rings. The third-order valence-corrected chi connectivity index (χ3v) is 7.69. The van der Waals surface area contributed by atoms with Gasteiger partial charge in [-0.2, -0.15) is 0 Å². The molecule has 8 nitrogen and oxygen atoms in total. The van der Waals surface area contributed by atoms with Crippen LogP contribution in [0.15, 0.2) is 69.6 Å². The van der Waals surface area contributed by atoms with E-state index in [1.54, 1.807) is 16.2 Å². The molecule has 2 unspecified atom stereocenters. The van der Waals surface area contributed by atoms with Gasteiger partial charge in [-0.05, 0) is 69.2 Å². The van der Waals surface area contributed by atoms with E-state index in [9.17, 15) is 9.59 Å². The summed E-state index contributed by atoms with van der Waals surface area (Å²) in [7, 11) is 0. The van der Waals surface area contributed by atoms with Gasteiger partial charge in [-0.1, -0.05) is 40.2 Å². The Balaban J connectivity index is 1.20. The monoisotopic (exact) mass is 596 g/mol. The molecule has 1 saturated heterocycles. The lowest BCUT2D eigenvalue weighted by atomic mass is 10.0. The molecule has 0 radical (unpaired) electrons. The van der Waals surface area contributed by atoms with Crippen LogP contribution in [0.3, 0.4) is 0 Å². The molecule has 0 saturated carbocycles. The highest BCUT2D eigenvalue weighted by molar-refractivity contribution is 9.10. The summed E-state index contributed by atoms with van der Waals surface area (Å²) >= 11 is 5.03. The Bertz CT molecular complexity index is 1410. The number of furan rings is 1. The van der Waals surface area contributed by atoms with E-state index in [-0.39, 0.29) is 24.7 Å². The molecule has 3 heterocycles. The highest BCUT2D eigenvalue weighted by atomic mass is 79.9. The molecule has 3 amide bonds. The van der Waals surface area contributed by atoms with Gasteiger partial charge >= 0.3 is 12.1 Å². The highest BCUT2D eigenvalue weighted by Crippen LogP contribution is 2.34. The van der Waals surface area contributed by atoms with Crippen molar-refractivity contribution in [2.75, 3.05) is 6.54 Å². The van der Waals surface area contributed by atoms with Gasteiger partial charge in [0.05, 0.1) is 28.8 Å². The number of likely N-dealkylation sites (tertiary alicyclic amines) is 1. The number of ether oxygens (including phenoxy) is 1. The molecule has 2 aromatic heterocycles. The van der Waals surface area contributed by atoms with Gasteiger partial charge in [0, 0.05) is 11.0 Å². The lowest BCUT2D eigenvalue weighted by molar-refractivity contribution is 0.0221. The maximum Gasteiger partial charge on any atom is 0.410 e. The van der Waals surface area contributed by atoms with Crippen molar-refractivity contribution in [3.05, 3.63) is 76.5 Å². The number of amides is 3. The van der Waals surface area contributed by atoms with Crippen molar-refractivity contribution in [3.63, 3.8) is 0 Å². The molecule has 1 fully saturated rings. The van der Waals surface area contributed by atoms with Crippen LogP contribution in [-0.2, 0) is 11.3 Å². The Morgan fingerprint density at radius 1 is 1.13 bits per heavy atom. The van der Waals surface area contributed by atoms with Crippen molar-refractivity contribution < 1.29 is 18.7 Å². The second kappa shape index (κ2) is 10.8. The number of para-hydroxylation sites is 1. The van der Waals surface area contributed by atoms with E-state index in [4.69, 9.17) is 9.15 Å². The van der Waals surface area contributed by atoms with Crippen LogP contribution in [0.2, 0.25) is 0 Å². The molecule has 198 valence electrons. The van der Waals surface area contributed by atoms with Gasteiger partial charge in [-0.15, -0.1) is 11.3 Å². The SMILES string of the molecule is CC(C)(C)OC(=O)N1CC(NC(=O)NCc2ccc(-c3nc4ccccc4s3)o2)CC1c1ccc(Br)cc1. The van der Waals surface area contributed by atoms with Crippen molar-refractivity contribution in [1.29, 1.82) is 0 Å². The molecule has 1 aliphatic rings. The number of hydrogen-bond acceptors (Lipinski definition) is 6. The standard InChI is InChI=1S/C28H29BrN4O4S/c1-28(2,3)37-27(35)33-16-19(14-22(33)17-8-10-18(29)11-9-17)31-26(34)30-15-20-12-13-23(36-20)25-32-21-6-4-5-7-24(21)38-25/h4-13,19,22H,14-16H2,1-3H3,(H2,30,31,34). The molecular weight excluding hydrogens is 568 g/mol. The summed E-state index contributed by atoms with van der Waals surface area (Å²) < 4.78 is 13.6.